The normalized spacial score (nSPS) is 25.3. The Hall–Kier alpha value is -1.80. The van der Waals surface area contributed by atoms with Crippen molar-refractivity contribution in [1.29, 1.82) is 0 Å². The van der Waals surface area contributed by atoms with Crippen molar-refractivity contribution in [3.8, 4) is 11.5 Å². The van der Waals surface area contributed by atoms with E-state index in [1.807, 2.05) is 23.1 Å². The Morgan fingerprint density at radius 2 is 1.96 bits per heavy atom. The van der Waals surface area contributed by atoms with Crippen LogP contribution in [0.4, 0.5) is 0 Å². The van der Waals surface area contributed by atoms with Gasteiger partial charge in [-0.25, -0.2) is 8.42 Å². The summed E-state index contributed by atoms with van der Waals surface area (Å²) in [4.78, 5) is 14.7. The van der Waals surface area contributed by atoms with Gasteiger partial charge in [0.2, 0.25) is 22.7 Å². The maximum atomic E-state index is 12.8. The third-order valence-corrected chi connectivity index (χ3v) is 6.77. The van der Waals surface area contributed by atoms with Crippen LogP contribution >= 0.6 is 0 Å². The summed E-state index contributed by atoms with van der Waals surface area (Å²) < 4.78 is 36.1. The fraction of sp³-hybridized carbons (Fsp3) is 0.611. The molecular formula is C18H24N2O5S. The number of rotatable bonds is 4. The summed E-state index contributed by atoms with van der Waals surface area (Å²) in [5, 5.41) is 0. The van der Waals surface area contributed by atoms with Crippen LogP contribution in [0.25, 0.3) is 0 Å². The van der Waals surface area contributed by atoms with Crippen LogP contribution in [0.15, 0.2) is 18.2 Å². The molecule has 8 heteroatoms. The molecule has 0 spiro atoms. The number of ether oxygens (including phenoxy) is 2. The van der Waals surface area contributed by atoms with Crippen LogP contribution in [0.3, 0.4) is 0 Å². The van der Waals surface area contributed by atoms with E-state index in [0.29, 0.717) is 32.5 Å². The van der Waals surface area contributed by atoms with Gasteiger partial charge >= 0.3 is 0 Å². The Morgan fingerprint density at radius 3 is 2.77 bits per heavy atom. The van der Waals surface area contributed by atoms with Crippen LogP contribution in [0.5, 0.6) is 11.5 Å². The average Bonchev–Trinajstić information content (AvgIpc) is 2.85. The lowest BCUT2D eigenvalue weighted by Crippen LogP contribution is -2.47. The van der Waals surface area contributed by atoms with Gasteiger partial charge in [-0.15, -0.1) is 0 Å². The summed E-state index contributed by atoms with van der Waals surface area (Å²) in [6.07, 6.45) is 4.18. The van der Waals surface area contributed by atoms with Gasteiger partial charge in [-0.3, -0.25) is 4.79 Å². The van der Waals surface area contributed by atoms with E-state index in [9.17, 15) is 13.2 Å². The van der Waals surface area contributed by atoms with Crippen LogP contribution in [-0.4, -0.2) is 62.3 Å². The number of hydrogen-bond donors (Lipinski definition) is 0. The number of nitrogens with zero attached hydrogens (tertiary/aromatic N) is 2. The first-order chi connectivity index (χ1) is 12.4. The summed E-state index contributed by atoms with van der Waals surface area (Å²) in [6.45, 7) is 1.86. The summed E-state index contributed by atoms with van der Waals surface area (Å²) >= 11 is 0. The number of fused-ring (bicyclic) bond motifs is 5. The van der Waals surface area contributed by atoms with E-state index in [1.165, 1.54) is 6.26 Å². The minimum Gasteiger partial charge on any atom is -0.454 e. The third-order valence-electron chi connectivity index (χ3n) is 5.53. The first-order valence-electron chi connectivity index (χ1n) is 9.03. The van der Waals surface area contributed by atoms with Crippen molar-refractivity contribution >= 4 is 15.9 Å². The van der Waals surface area contributed by atoms with Gasteiger partial charge < -0.3 is 14.4 Å². The number of piperidine rings is 1. The van der Waals surface area contributed by atoms with Gasteiger partial charge in [0, 0.05) is 32.1 Å². The molecular weight excluding hydrogens is 356 g/mol. The summed E-state index contributed by atoms with van der Waals surface area (Å²) in [5.41, 5.74) is 1.04. The lowest BCUT2D eigenvalue weighted by Gasteiger charge is -2.36. The van der Waals surface area contributed by atoms with Gasteiger partial charge in [0.05, 0.1) is 6.26 Å². The van der Waals surface area contributed by atoms with Gasteiger partial charge in [-0.2, -0.15) is 4.31 Å². The molecule has 26 heavy (non-hydrogen) atoms. The van der Waals surface area contributed by atoms with Crippen molar-refractivity contribution in [2.45, 2.75) is 31.7 Å². The number of benzene rings is 1. The van der Waals surface area contributed by atoms with E-state index in [1.54, 1.807) is 4.31 Å². The van der Waals surface area contributed by atoms with Crippen LogP contribution in [0.1, 0.15) is 24.8 Å². The quantitative estimate of drug-likeness (QED) is 0.785. The molecule has 3 saturated heterocycles. The molecule has 0 aliphatic carbocycles. The Labute approximate surface area is 153 Å². The van der Waals surface area contributed by atoms with E-state index in [0.717, 1.165) is 29.9 Å². The zero-order valence-electron chi connectivity index (χ0n) is 14.9. The molecule has 2 bridgehead atoms. The van der Waals surface area contributed by atoms with Gasteiger partial charge in [-0.1, -0.05) is 6.07 Å². The van der Waals surface area contributed by atoms with Gasteiger partial charge in [0.25, 0.3) is 0 Å². The van der Waals surface area contributed by atoms with Crippen molar-refractivity contribution in [3.05, 3.63) is 23.8 Å². The maximum absolute atomic E-state index is 12.8. The average molecular weight is 380 g/mol. The highest BCUT2D eigenvalue weighted by molar-refractivity contribution is 7.88. The molecule has 2 atom stereocenters. The highest BCUT2D eigenvalue weighted by atomic mass is 32.2. The van der Waals surface area contributed by atoms with Crippen molar-refractivity contribution in [2.75, 3.05) is 32.7 Å². The molecule has 5 rings (SSSR count). The minimum atomic E-state index is -3.22. The molecule has 3 fully saturated rings. The number of carbonyl (C=O) groups excluding carboxylic acids is 1. The Kier molecular flexibility index (Phi) is 4.56. The van der Waals surface area contributed by atoms with E-state index >= 15 is 0 Å². The largest absolute Gasteiger partial charge is 0.454 e. The van der Waals surface area contributed by atoms with Gasteiger partial charge in [0.15, 0.2) is 11.5 Å². The second kappa shape index (κ2) is 6.74. The van der Waals surface area contributed by atoms with Crippen LogP contribution < -0.4 is 9.47 Å². The highest BCUT2D eigenvalue weighted by Crippen LogP contribution is 2.33. The van der Waals surface area contributed by atoms with Gasteiger partial charge in [-0.05, 0) is 42.9 Å². The molecule has 0 N–H and O–H groups in total. The Morgan fingerprint density at radius 1 is 1.15 bits per heavy atom. The molecule has 1 aromatic rings. The minimum absolute atomic E-state index is 0.00673. The number of amides is 1. The van der Waals surface area contributed by atoms with E-state index in [4.69, 9.17) is 9.47 Å². The summed E-state index contributed by atoms with van der Waals surface area (Å²) in [5.74, 6) is 1.81. The first kappa shape index (κ1) is 17.6. The highest BCUT2D eigenvalue weighted by Gasteiger charge is 2.39. The molecule has 0 radical (unpaired) electrons. The Bertz CT molecular complexity index is 810. The molecule has 7 nitrogen and oxygen atoms in total. The summed E-state index contributed by atoms with van der Waals surface area (Å²) in [6, 6.07) is 5.75. The third kappa shape index (κ3) is 3.53. The van der Waals surface area contributed by atoms with Crippen molar-refractivity contribution in [2.24, 2.45) is 5.92 Å². The molecule has 4 aliphatic rings. The predicted molar refractivity (Wildman–Crippen MR) is 95.5 cm³/mol. The second-order valence-electron chi connectivity index (χ2n) is 7.41. The second-order valence-corrected chi connectivity index (χ2v) is 9.39. The molecule has 0 aromatic heterocycles. The molecule has 4 heterocycles. The topological polar surface area (TPSA) is 76.2 Å². The molecule has 142 valence electrons. The molecule has 0 unspecified atom stereocenters. The maximum Gasteiger partial charge on any atom is 0.231 e. The zero-order valence-corrected chi connectivity index (χ0v) is 15.7. The molecule has 4 aliphatic heterocycles. The number of hydrogen-bond acceptors (Lipinski definition) is 5. The first-order valence-corrected chi connectivity index (χ1v) is 10.9. The van der Waals surface area contributed by atoms with E-state index in [2.05, 4.69) is 0 Å². The molecule has 1 aromatic carbocycles. The lowest BCUT2D eigenvalue weighted by atomic mass is 9.94. The fourth-order valence-corrected chi connectivity index (χ4v) is 5.03. The number of carbonyl (C=O) groups is 1. The molecule has 1 amide bonds. The fourth-order valence-electron chi connectivity index (χ4n) is 4.11. The monoisotopic (exact) mass is 380 g/mol. The predicted octanol–water partition coefficient (Wildman–Crippen LogP) is 1.23. The van der Waals surface area contributed by atoms with Crippen LogP contribution in [0.2, 0.25) is 0 Å². The van der Waals surface area contributed by atoms with Crippen LogP contribution in [-0.2, 0) is 21.2 Å². The van der Waals surface area contributed by atoms with E-state index < -0.39 is 10.0 Å². The van der Waals surface area contributed by atoms with E-state index in [-0.39, 0.29) is 24.7 Å². The van der Waals surface area contributed by atoms with Crippen molar-refractivity contribution < 1.29 is 22.7 Å². The van der Waals surface area contributed by atoms with Crippen molar-refractivity contribution in [1.82, 2.24) is 9.21 Å². The summed E-state index contributed by atoms with van der Waals surface area (Å²) in [7, 11) is -3.22. The van der Waals surface area contributed by atoms with Gasteiger partial charge in [0.1, 0.15) is 0 Å². The Balaban J connectivity index is 1.40. The van der Waals surface area contributed by atoms with Crippen molar-refractivity contribution in [3.63, 3.8) is 0 Å². The molecule has 0 saturated carbocycles. The zero-order chi connectivity index (χ0) is 18.3. The smallest absolute Gasteiger partial charge is 0.231 e. The number of aryl methyl sites for hydroxylation is 1. The van der Waals surface area contributed by atoms with Crippen LogP contribution in [0, 0.1) is 5.92 Å². The SMILES string of the molecule is CS(=O)(=O)N1C[C@H]2CC[C@@H](C1)N(C(=O)CCc1ccc3c(c1)OCO3)C2. The standard InChI is InChI=1S/C18H24N2O5S/c1-26(22,23)19-9-14-2-5-15(11-19)20(10-14)18(21)7-4-13-3-6-16-17(8-13)25-12-24-16/h3,6,8,14-15H,2,4-5,7,9-12H2,1H3/t14-,15+/m1/s1. The number of sulfonamides is 1. The lowest BCUT2D eigenvalue weighted by molar-refractivity contribution is -0.135.